The molecule has 25 fully saturated rings. The summed E-state index contributed by atoms with van der Waals surface area (Å²) in [4.78, 5) is 0. The number of hydrogen-bond acceptors (Lipinski definition) is 0. The first-order chi connectivity index (χ1) is 33.2. The van der Waals surface area contributed by atoms with Crippen LogP contribution in [0.2, 0.25) is 0 Å². The summed E-state index contributed by atoms with van der Waals surface area (Å²) in [5.41, 5.74) is 11.9. The van der Waals surface area contributed by atoms with E-state index in [-0.39, 0.29) is 0 Å². The summed E-state index contributed by atoms with van der Waals surface area (Å²) in [6.07, 6.45) is 6.56. The van der Waals surface area contributed by atoms with E-state index in [0.717, 1.165) is 153 Å². The van der Waals surface area contributed by atoms with E-state index in [9.17, 15) is 0 Å². The summed E-state index contributed by atoms with van der Waals surface area (Å²) in [6.45, 7) is 63.8. The lowest BCUT2D eigenvalue weighted by molar-refractivity contribution is -0.717. The van der Waals surface area contributed by atoms with Gasteiger partial charge >= 0.3 is 0 Å². The fourth-order valence-corrected chi connectivity index (χ4v) is 48.5. The molecule has 0 nitrogen and oxygen atoms in total. The summed E-state index contributed by atoms with van der Waals surface area (Å²) in [7, 11) is 0. The molecule has 0 amide bonds. The van der Waals surface area contributed by atoms with Crippen LogP contribution in [0.5, 0.6) is 0 Å². The predicted molar refractivity (Wildman–Crippen MR) is 278 cm³/mol. The van der Waals surface area contributed by atoms with E-state index in [1.54, 1.807) is 25.7 Å². The molecule has 0 aliphatic heterocycles. The highest BCUT2D eigenvalue weighted by atomic mass is 15.2. The molecule has 0 N–H and O–H groups in total. The molecule has 25 aliphatic rings. The summed E-state index contributed by atoms with van der Waals surface area (Å²) in [5.74, 6) is 26.5. The van der Waals surface area contributed by atoms with Crippen molar-refractivity contribution in [3.63, 3.8) is 0 Å². The molecular weight excluding hydrogens is 865 g/mol. The van der Waals surface area contributed by atoms with Crippen molar-refractivity contribution in [3.05, 3.63) is 0 Å². The van der Waals surface area contributed by atoms with E-state index in [1.807, 2.05) is 0 Å². The predicted octanol–water partition coefficient (Wildman–Crippen LogP) is 15.4. The Labute approximate surface area is 436 Å². The summed E-state index contributed by atoms with van der Waals surface area (Å²) in [5, 5.41) is 0. The van der Waals surface area contributed by atoms with Crippen molar-refractivity contribution < 1.29 is 0 Å². The lowest BCUT2D eigenvalue weighted by Gasteiger charge is -3.18. The Hall–Kier alpha value is 0. The van der Waals surface area contributed by atoms with Crippen LogP contribution < -0.4 is 0 Å². The molecule has 0 bridgehead atoms. The molecular formula is C72H96. The summed E-state index contributed by atoms with van der Waals surface area (Å²) in [6, 6.07) is 0. The quantitative estimate of drug-likeness (QED) is 0.227. The number of fused-ring (bicyclic) bond motifs is 21. The van der Waals surface area contributed by atoms with Gasteiger partial charge in [0.15, 0.2) is 0 Å². The Morgan fingerprint density at radius 2 is 0.347 bits per heavy atom. The third-order valence-corrected chi connectivity index (χ3v) is 49.9. The lowest BCUT2D eigenvalue weighted by atomic mass is 8.86. The van der Waals surface area contributed by atoms with Crippen LogP contribution in [0.4, 0.5) is 0 Å². The van der Waals surface area contributed by atoms with Gasteiger partial charge < -0.3 is 0 Å². The van der Waals surface area contributed by atoms with Gasteiger partial charge in [-0.1, -0.05) is 145 Å². The van der Waals surface area contributed by atoms with Gasteiger partial charge in [0.25, 0.3) is 0 Å². The fourth-order valence-electron chi connectivity index (χ4n) is 48.5. The van der Waals surface area contributed by atoms with Crippen LogP contribution in [0, 0.1) is 267 Å². The lowest BCUT2D eigenvalue weighted by Crippen LogP contribution is -3.15. The minimum atomic E-state index is 0.509. The Bertz CT molecular complexity index is 3260. The van der Waals surface area contributed by atoms with Gasteiger partial charge in [0, 0.05) is 0 Å². The second-order valence-corrected chi connectivity index (χ2v) is 41.0. The molecule has 0 aromatic carbocycles. The van der Waals surface area contributed by atoms with Gasteiger partial charge in [0.2, 0.25) is 0 Å². The number of hydrogen-bond donors (Lipinski definition) is 0. The second-order valence-electron chi connectivity index (χ2n) is 41.0. The van der Waals surface area contributed by atoms with Gasteiger partial charge in [0.1, 0.15) is 0 Å². The zero-order valence-corrected chi connectivity index (χ0v) is 49.3. The van der Waals surface area contributed by atoms with Gasteiger partial charge in [-0.3, -0.25) is 0 Å². The number of rotatable bonds is 0. The maximum absolute atomic E-state index is 3.06. The topological polar surface area (TPSA) is 0 Å². The largest absolute Gasteiger partial charge is 0.0585 e. The van der Waals surface area contributed by atoms with Gasteiger partial charge in [-0.25, -0.2) is 0 Å². The normalized spacial score (nSPS) is 98.4. The molecule has 0 aromatic heterocycles. The Morgan fingerprint density at radius 1 is 0.167 bits per heavy atom. The molecule has 25 saturated carbocycles. The minimum absolute atomic E-state index is 0.509. The molecule has 72 heavy (non-hydrogen) atoms. The van der Waals surface area contributed by atoms with Crippen molar-refractivity contribution >= 4 is 0 Å². The third kappa shape index (κ3) is 1.73. The Balaban J connectivity index is 0.685. The first-order valence-corrected chi connectivity index (χ1v) is 33.2. The molecule has 25 aliphatic carbocycles. The van der Waals surface area contributed by atoms with Crippen molar-refractivity contribution in [1.29, 1.82) is 0 Å². The Morgan fingerprint density at radius 3 is 0.611 bits per heavy atom. The summed E-state index contributed by atoms with van der Waals surface area (Å²) < 4.78 is 0. The summed E-state index contributed by atoms with van der Waals surface area (Å²) >= 11 is 0. The van der Waals surface area contributed by atoms with Crippen LogP contribution in [-0.4, -0.2) is 0 Å². The van der Waals surface area contributed by atoms with Crippen LogP contribution in [0.15, 0.2) is 0 Å². The molecule has 47 unspecified atom stereocenters. The van der Waals surface area contributed by atoms with E-state index in [4.69, 9.17) is 0 Å². The molecule has 1 spiro atoms. The van der Waals surface area contributed by atoms with E-state index < -0.39 is 0 Å². The highest BCUT2D eigenvalue weighted by Crippen LogP contribution is 3.22. The van der Waals surface area contributed by atoms with Gasteiger partial charge in [0.05, 0.1) is 0 Å². The standard InChI is InChI=1S/C72H96/c1-51-26-22-27-23-28-25-30-32-34-36-38-40-42-44-46-48-50-49-47-45-43-41-39-37-35-33-31(29(51)24-26)52(51,2)53(33,3)54(35,4)55(37,5)56(39,6)57(41,7)58(43,8)59(45,9)60(47,10)61(49,11)62(50,12)63(48,13)64(46,14)65(44,15)66(42,16)67(40,17)68(38,18)69(36,19)70(34,20)71(32,21)72(27,28)30/h26-50H,22-25H2,1-21H3. The molecule has 0 heterocycles. The maximum atomic E-state index is 3.06. The highest BCUT2D eigenvalue weighted by Gasteiger charge is 3.19. The van der Waals surface area contributed by atoms with Gasteiger partial charge in [-0.05, 0) is 293 Å². The van der Waals surface area contributed by atoms with E-state index in [0.29, 0.717) is 114 Å². The molecule has 0 aromatic rings. The van der Waals surface area contributed by atoms with Crippen molar-refractivity contribution in [3.8, 4) is 0 Å². The molecule has 47 atom stereocenters. The maximum Gasteiger partial charge on any atom is -0.0147 e. The van der Waals surface area contributed by atoms with Gasteiger partial charge in [-0.2, -0.15) is 0 Å². The van der Waals surface area contributed by atoms with Crippen molar-refractivity contribution in [2.75, 3.05) is 0 Å². The molecule has 0 heteroatoms. The zero-order chi connectivity index (χ0) is 49.3. The second kappa shape index (κ2) is 7.81. The zero-order valence-electron chi connectivity index (χ0n) is 49.3. The SMILES string of the molecule is CC12C3CC1C1C4C5C6C7C8C9C%10C%11C%12C%13C%14C%15C%16C%17C%18C%19C%20C%21C%22C%23CC%24CC(C3)C%24%23C%22(C)C%21(C)C%20(C)C%19(C)C%18(C)C%17(C)C%16(C)C%15(C)C%14(C)C%13(C)C%12(C)C%11(C)C%10(C)C9(C)C8(C)C7(C)C6(C)C5(C)C4(C)C12C. The van der Waals surface area contributed by atoms with Crippen LogP contribution in [-0.2, 0) is 0 Å². The van der Waals surface area contributed by atoms with Crippen molar-refractivity contribution in [1.82, 2.24) is 0 Å². The fraction of sp³-hybridized carbons (Fsp3) is 1.00. The molecule has 0 radical (unpaired) electrons. The van der Waals surface area contributed by atoms with Gasteiger partial charge in [-0.15, -0.1) is 0 Å². The smallest absolute Gasteiger partial charge is 0.0147 e. The van der Waals surface area contributed by atoms with Crippen LogP contribution >= 0.6 is 0 Å². The van der Waals surface area contributed by atoms with Crippen LogP contribution in [0.3, 0.4) is 0 Å². The van der Waals surface area contributed by atoms with E-state index >= 15 is 0 Å². The monoisotopic (exact) mass is 961 g/mol. The van der Waals surface area contributed by atoms with Crippen molar-refractivity contribution in [2.45, 2.75) is 171 Å². The molecule has 0 saturated heterocycles. The first-order valence-electron chi connectivity index (χ1n) is 33.2. The first kappa shape index (κ1) is 39.4. The van der Waals surface area contributed by atoms with E-state index in [2.05, 4.69) is 145 Å². The van der Waals surface area contributed by atoms with Crippen LogP contribution in [0.1, 0.15) is 171 Å². The van der Waals surface area contributed by atoms with E-state index in [1.165, 1.54) is 0 Å². The van der Waals surface area contributed by atoms with Crippen LogP contribution in [0.25, 0.3) is 0 Å². The highest BCUT2D eigenvalue weighted by molar-refractivity contribution is 5.65. The average molecular weight is 962 g/mol. The molecule has 384 valence electrons. The third-order valence-electron chi connectivity index (χ3n) is 49.9. The minimum Gasteiger partial charge on any atom is -0.0585 e. The Kier molecular flexibility index (Phi) is 4.27. The average Bonchev–Trinajstić information content (AvgIpc) is 3.35. The molecule has 25 rings (SSSR count). The van der Waals surface area contributed by atoms with Crippen molar-refractivity contribution in [2.24, 2.45) is 267 Å².